The van der Waals surface area contributed by atoms with Crippen molar-refractivity contribution in [2.75, 3.05) is 18.5 Å². The van der Waals surface area contributed by atoms with Crippen LogP contribution < -0.4 is 15.4 Å². The monoisotopic (exact) mass is 266 g/mol. The SMILES string of the molecule is CCOc1cc(C)ccc1NC(=O)N[C@H](C)CCO. The van der Waals surface area contributed by atoms with Gasteiger partial charge in [0.2, 0.25) is 0 Å². The van der Waals surface area contributed by atoms with E-state index in [0.717, 1.165) is 5.56 Å². The zero-order valence-electron chi connectivity index (χ0n) is 11.7. The lowest BCUT2D eigenvalue weighted by molar-refractivity contribution is 0.241. The Labute approximate surface area is 114 Å². The molecule has 3 N–H and O–H groups in total. The van der Waals surface area contributed by atoms with Crippen LogP contribution in [0.2, 0.25) is 0 Å². The first-order valence-electron chi connectivity index (χ1n) is 6.48. The molecule has 1 aromatic rings. The summed E-state index contributed by atoms with van der Waals surface area (Å²) in [6, 6.07) is 5.24. The topological polar surface area (TPSA) is 70.6 Å². The van der Waals surface area contributed by atoms with E-state index in [1.54, 1.807) is 0 Å². The van der Waals surface area contributed by atoms with Crippen LogP contribution in [-0.2, 0) is 0 Å². The van der Waals surface area contributed by atoms with Crippen LogP contribution in [0.3, 0.4) is 0 Å². The Morgan fingerprint density at radius 1 is 1.47 bits per heavy atom. The number of amides is 2. The average Bonchev–Trinajstić information content (AvgIpc) is 2.33. The molecular weight excluding hydrogens is 244 g/mol. The molecule has 5 nitrogen and oxygen atoms in total. The zero-order valence-corrected chi connectivity index (χ0v) is 11.7. The molecule has 1 rings (SSSR count). The summed E-state index contributed by atoms with van der Waals surface area (Å²) in [6.07, 6.45) is 0.527. The molecule has 19 heavy (non-hydrogen) atoms. The van der Waals surface area contributed by atoms with E-state index in [-0.39, 0.29) is 18.7 Å². The quantitative estimate of drug-likeness (QED) is 0.740. The van der Waals surface area contributed by atoms with Gasteiger partial charge in [-0.2, -0.15) is 0 Å². The van der Waals surface area contributed by atoms with Crippen molar-refractivity contribution in [3.63, 3.8) is 0 Å². The van der Waals surface area contributed by atoms with Crippen molar-refractivity contribution in [2.24, 2.45) is 0 Å². The van der Waals surface area contributed by atoms with Crippen molar-refractivity contribution in [2.45, 2.75) is 33.2 Å². The third kappa shape index (κ3) is 5.18. The fourth-order valence-corrected chi connectivity index (χ4v) is 1.66. The fourth-order valence-electron chi connectivity index (χ4n) is 1.66. The molecule has 0 aliphatic heterocycles. The number of urea groups is 1. The summed E-state index contributed by atoms with van der Waals surface area (Å²) < 4.78 is 5.49. The summed E-state index contributed by atoms with van der Waals surface area (Å²) in [7, 11) is 0. The van der Waals surface area contributed by atoms with E-state index in [1.165, 1.54) is 0 Å². The molecule has 0 saturated carbocycles. The van der Waals surface area contributed by atoms with Crippen molar-refractivity contribution in [1.82, 2.24) is 5.32 Å². The fraction of sp³-hybridized carbons (Fsp3) is 0.500. The molecule has 106 valence electrons. The van der Waals surface area contributed by atoms with Crippen LogP contribution in [0.4, 0.5) is 10.5 Å². The predicted molar refractivity (Wildman–Crippen MR) is 75.7 cm³/mol. The Bertz CT molecular complexity index is 421. The Morgan fingerprint density at radius 3 is 2.84 bits per heavy atom. The Kier molecular flexibility index (Phi) is 6.15. The third-order valence-electron chi connectivity index (χ3n) is 2.62. The Balaban J connectivity index is 2.67. The minimum absolute atomic E-state index is 0.0518. The number of nitrogens with one attached hydrogen (secondary N) is 2. The van der Waals surface area contributed by atoms with Crippen LogP contribution in [-0.4, -0.2) is 30.4 Å². The van der Waals surface area contributed by atoms with Gasteiger partial charge in [-0.3, -0.25) is 0 Å². The second kappa shape index (κ2) is 7.63. The van der Waals surface area contributed by atoms with Crippen LogP contribution in [0, 0.1) is 6.92 Å². The largest absolute Gasteiger partial charge is 0.492 e. The molecule has 2 amide bonds. The first kappa shape index (κ1) is 15.3. The van der Waals surface area contributed by atoms with Gasteiger partial charge in [-0.15, -0.1) is 0 Å². The molecule has 0 bridgehead atoms. The van der Waals surface area contributed by atoms with Gasteiger partial charge in [0.1, 0.15) is 5.75 Å². The van der Waals surface area contributed by atoms with E-state index in [4.69, 9.17) is 9.84 Å². The smallest absolute Gasteiger partial charge is 0.319 e. The van der Waals surface area contributed by atoms with E-state index in [1.807, 2.05) is 39.0 Å². The number of rotatable bonds is 6. The van der Waals surface area contributed by atoms with Gasteiger partial charge in [-0.05, 0) is 44.9 Å². The number of hydrogen-bond donors (Lipinski definition) is 3. The normalized spacial score (nSPS) is 11.8. The molecule has 0 aliphatic rings. The van der Waals surface area contributed by atoms with Gasteiger partial charge in [0, 0.05) is 12.6 Å². The minimum atomic E-state index is -0.300. The van der Waals surface area contributed by atoms with Crippen molar-refractivity contribution < 1.29 is 14.6 Å². The summed E-state index contributed by atoms with van der Waals surface area (Å²) in [6.45, 7) is 6.30. The van der Waals surface area contributed by atoms with Gasteiger partial charge in [-0.1, -0.05) is 6.07 Å². The van der Waals surface area contributed by atoms with Gasteiger partial charge < -0.3 is 20.5 Å². The first-order valence-corrected chi connectivity index (χ1v) is 6.48. The molecule has 0 radical (unpaired) electrons. The highest BCUT2D eigenvalue weighted by Gasteiger charge is 2.10. The Hall–Kier alpha value is -1.75. The van der Waals surface area contributed by atoms with E-state index in [9.17, 15) is 4.79 Å². The predicted octanol–water partition coefficient (Wildman–Crippen LogP) is 2.29. The molecule has 0 fully saturated rings. The molecule has 0 saturated heterocycles. The molecule has 1 aromatic carbocycles. The van der Waals surface area contributed by atoms with Gasteiger partial charge in [0.15, 0.2) is 0 Å². The maximum Gasteiger partial charge on any atom is 0.319 e. The number of benzene rings is 1. The summed E-state index contributed by atoms with van der Waals surface area (Å²) >= 11 is 0. The number of aryl methyl sites for hydroxylation is 1. The lowest BCUT2D eigenvalue weighted by Gasteiger charge is -2.15. The number of anilines is 1. The van der Waals surface area contributed by atoms with Gasteiger partial charge >= 0.3 is 6.03 Å². The van der Waals surface area contributed by atoms with Gasteiger partial charge in [0.05, 0.1) is 12.3 Å². The second-order valence-corrected chi connectivity index (χ2v) is 4.44. The molecule has 0 aliphatic carbocycles. The summed E-state index contributed by atoms with van der Waals surface area (Å²) in [5.74, 6) is 0.660. The van der Waals surface area contributed by atoms with E-state index >= 15 is 0 Å². The molecule has 0 aromatic heterocycles. The lowest BCUT2D eigenvalue weighted by Crippen LogP contribution is -2.36. The molecule has 0 spiro atoms. The number of carbonyl (C=O) groups excluding carboxylic acids is 1. The van der Waals surface area contributed by atoms with E-state index in [0.29, 0.717) is 24.5 Å². The van der Waals surface area contributed by atoms with Gasteiger partial charge in [-0.25, -0.2) is 4.79 Å². The maximum absolute atomic E-state index is 11.8. The second-order valence-electron chi connectivity index (χ2n) is 4.44. The van der Waals surface area contributed by atoms with Crippen LogP contribution in [0.15, 0.2) is 18.2 Å². The number of ether oxygens (including phenoxy) is 1. The standard InChI is InChI=1S/C14H22N2O3/c1-4-19-13-9-10(2)5-6-12(13)16-14(18)15-11(3)7-8-17/h5-6,9,11,17H,4,7-8H2,1-3H3,(H2,15,16,18)/t11-/m1/s1. The van der Waals surface area contributed by atoms with E-state index < -0.39 is 0 Å². The lowest BCUT2D eigenvalue weighted by atomic mass is 10.2. The molecule has 5 heteroatoms. The summed E-state index contributed by atoms with van der Waals surface area (Å²) in [4.78, 5) is 11.8. The van der Waals surface area contributed by atoms with Crippen molar-refractivity contribution in [3.8, 4) is 5.75 Å². The number of hydrogen-bond acceptors (Lipinski definition) is 3. The molecular formula is C14H22N2O3. The molecule has 0 heterocycles. The average molecular weight is 266 g/mol. The van der Waals surface area contributed by atoms with Crippen LogP contribution in [0.5, 0.6) is 5.75 Å². The number of carbonyl (C=O) groups is 1. The molecule has 0 unspecified atom stereocenters. The van der Waals surface area contributed by atoms with Crippen LogP contribution in [0.25, 0.3) is 0 Å². The van der Waals surface area contributed by atoms with Crippen LogP contribution >= 0.6 is 0 Å². The maximum atomic E-state index is 11.8. The van der Waals surface area contributed by atoms with Crippen molar-refractivity contribution >= 4 is 11.7 Å². The highest BCUT2D eigenvalue weighted by molar-refractivity contribution is 5.91. The number of aliphatic hydroxyl groups excluding tert-OH is 1. The summed E-state index contributed by atoms with van der Waals surface area (Å²) in [5, 5.41) is 14.3. The first-order chi connectivity index (χ1) is 9.06. The minimum Gasteiger partial charge on any atom is -0.492 e. The Morgan fingerprint density at radius 2 is 2.21 bits per heavy atom. The summed E-state index contributed by atoms with van der Waals surface area (Å²) in [5.41, 5.74) is 1.71. The third-order valence-corrected chi connectivity index (χ3v) is 2.62. The zero-order chi connectivity index (χ0) is 14.3. The highest BCUT2D eigenvalue weighted by Crippen LogP contribution is 2.25. The molecule has 1 atom stereocenters. The van der Waals surface area contributed by atoms with E-state index in [2.05, 4.69) is 10.6 Å². The van der Waals surface area contributed by atoms with Gasteiger partial charge in [0.25, 0.3) is 0 Å². The van der Waals surface area contributed by atoms with Crippen molar-refractivity contribution in [1.29, 1.82) is 0 Å². The van der Waals surface area contributed by atoms with Crippen molar-refractivity contribution in [3.05, 3.63) is 23.8 Å². The highest BCUT2D eigenvalue weighted by atomic mass is 16.5. The van der Waals surface area contributed by atoms with Crippen LogP contribution in [0.1, 0.15) is 25.8 Å². The number of aliphatic hydroxyl groups is 1.